The van der Waals surface area contributed by atoms with E-state index < -0.39 is 0 Å². The van der Waals surface area contributed by atoms with Gasteiger partial charge in [0.2, 0.25) is 5.91 Å². The Balaban J connectivity index is 2.09. The Morgan fingerprint density at radius 3 is 2.38 bits per heavy atom. The topological polar surface area (TPSA) is 50.8 Å². The van der Waals surface area contributed by atoms with E-state index in [1.165, 1.54) is 0 Å². The lowest BCUT2D eigenvalue weighted by atomic mass is 9.84. The smallest absolute Gasteiger partial charge is 0.225 e. The first-order valence-electron chi connectivity index (χ1n) is 7.86. The molecule has 0 saturated carbocycles. The third-order valence-corrected chi connectivity index (χ3v) is 4.40. The number of nitrogens with zero attached hydrogens (tertiary/aromatic N) is 1. The first-order chi connectivity index (χ1) is 11.5. The second kappa shape index (κ2) is 6.43. The van der Waals surface area contributed by atoms with Crippen LogP contribution in [-0.4, -0.2) is 34.2 Å². The van der Waals surface area contributed by atoms with E-state index in [1.54, 1.807) is 14.2 Å². The van der Waals surface area contributed by atoms with Gasteiger partial charge in [0.05, 0.1) is 19.9 Å². The van der Waals surface area contributed by atoms with Crippen LogP contribution in [0.5, 0.6) is 11.5 Å². The molecule has 3 rings (SSSR count). The number of hydrogen-bond donors (Lipinski definition) is 1. The molecule has 0 unspecified atom stereocenters. The molecule has 1 amide bonds. The Hall–Kier alpha value is -2.69. The molecule has 0 aromatic heterocycles. The van der Waals surface area contributed by atoms with Crippen molar-refractivity contribution in [3.05, 3.63) is 47.5 Å². The first kappa shape index (κ1) is 16.2. The Morgan fingerprint density at radius 2 is 1.79 bits per heavy atom. The van der Waals surface area contributed by atoms with Crippen LogP contribution in [0, 0.1) is 0 Å². The average molecular weight is 326 g/mol. The van der Waals surface area contributed by atoms with Crippen molar-refractivity contribution in [2.75, 3.05) is 38.5 Å². The number of ether oxygens (including phenoxy) is 2. The summed E-state index contributed by atoms with van der Waals surface area (Å²) in [7, 11) is 7.25. The van der Waals surface area contributed by atoms with Gasteiger partial charge in [0, 0.05) is 49.8 Å². The van der Waals surface area contributed by atoms with E-state index in [1.807, 2.05) is 26.2 Å². The van der Waals surface area contributed by atoms with Gasteiger partial charge in [0.1, 0.15) is 11.5 Å². The lowest BCUT2D eigenvalue weighted by molar-refractivity contribution is -0.116. The number of amides is 1. The highest BCUT2D eigenvalue weighted by atomic mass is 16.5. The number of rotatable bonds is 4. The molecule has 0 saturated heterocycles. The van der Waals surface area contributed by atoms with Crippen LogP contribution in [0.15, 0.2) is 36.4 Å². The third-order valence-electron chi connectivity index (χ3n) is 4.40. The van der Waals surface area contributed by atoms with Crippen molar-refractivity contribution in [2.45, 2.75) is 12.3 Å². The molecule has 1 heterocycles. The van der Waals surface area contributed by atoms with E-state index in [0.29, 0.717) is 12.2 Å². The number of hydrogen-bond acceptors (Lipinski definition) is 4. The predicted molar refractivity (Wildman–Crippen MR) is 95.4 cm³/mol. The van der Waals surface area contributed by atoms with Crippen LogP contribution in [0.2, 0.25) is 0 Å². The molecule has 2 aromatic carbocycles. The number of nitrogens with one attached hydrogen (secondary N) is 1. The van der Waals surface area contributed by atoms with Crippen molar-refractivity contribution in [1.82, 2.24) is 0 Å². The molecule has 24 heavy (non-hydrogen) atoms. The molecule has 0 radical (unpaired) electrons. The number of methoxy groups -OCH3 is 2. The molecule has 0 bridgehead atoms. The highest BCUT2D eigenvalue weighted by Crippen LogP contribution is 2.44. The number of benzene rings is 2. The summed E-state index contributed by atoms with van der Waals surface area (Å²) in [5, 5.41) is 2.93. The van der Waals surface area contributed by atoms with Gasteiger partial charge < -0.3 is 19.7 Å². The summed E-state index contributed by atoms with van der Waals surface area (Å²) in [5.74, 6) is 1.35. The van der Waals surface area contributed by atoms with Gasteiger partial charge in [-0.25, -0.2) is 0 Å². The van der Waals surface area contributed by atoms with Crippen molar-refractivity contribution in [2.24, 2.45) is 0 Å². The first-order valence-corrected chi connectivity index (χ1v) is 7.86. The molecule has 5 nitrogen and oxygen atoms in total. The molecule has 5 heteroatoms. The van der Waals surface area contributed by atoms with Gasteiger partial charge in [-0.15, -0.1) is 0 Å². The summed E-state index contributed by atoms with van der Waals surface area (Å²) < 4.78 is 10.9. The second-order valence-corrected chi connectivity index (χ2v) is 6.08. The maximum atomic E-state index is 12.2. The van der Waals surface area contributed by atoms with Crippen molar-refractivity contribution in [1.29, 1.82) is 0 Å². The summed E-state index contributed by atoms with van der Waals surface area (Å²) in [6.45, 7) is 0. The SMILES string of the molecule is COc1cc2c(c(OC)c1)[C@H](c1ccc(N(C)C)cc1)CC(=O)N2. The minimum absolute atomic E-state index is 0.000470. The predicted octanol–water partition coefficient (Wildman–Crippen LogP) is 3.24. The van der Waals surface area contributed by atoms with Crippen LogP contribution < -0.4 is 19.7 Å². The molecular weight excluding hydrogens is 304 g/mol. The lowest BCUT2D eigenvalue weighted by Crippen LogP contribution is -2.24. The Labute approximate surface area is 142 Å². The van der Waals surface area contributed by atoms with Gasteiger partial charge in [-0.1, -0.05) is 12.1 Å². The van der Waals surface area contributed by atoms with Crippen molar-refractivity contribution >= 4 is 17.3 Å². The van der Waals surface area contributed by atoms with E-state index >= 15 is 0 Å². The van der Waals surface area contributed by atoms with Gasteiger partial charge in [-0.2, -0.15) is 0 Å². The zero-order valence-electron chi connectivity index (χ0n) is 14.4. The highest BCUT2D eigenvalue weighted by Gasteiger charge is 2.30. The van der Waals surface area contributed by atoms with Gasteiger partial charge in [-0.3, -0.25) is 4.79 Å². The summed E-state index contributed by atoms with van der Waals surface area (Å²) in [5.41, 5.74) is 3.97. The minimum atomic E-state index is -0.0363. The van der Waals surface area contributed by atoms with Crippen LogP contribution >= 0.6 is 0 Å². The Morgan fingerprint density at radius 1 is 1.08 bits per heavy atom. The monoisotopic (exact) mass is 326 g/mol. The van der Waals surface area contributed by atoms with Gasteiger partial charge in [0.25, 0.3) is 0 Å². The molecule has 2 aromatic rings. The Bertz CT molecular complexity index is 754. The maximum absolute atomic E-state index is 12.2. The number of fused-ring (bicyclic) bond motifs is 1. The van der Waals surface area contributed by atoms with E-state index in [4.69, 9.17) is 9.47 Å². The number of carbonyl (C=O) groups excluding carboxylic acids is 1. The third kappa shape index (κ3) is 2.89. The van der Waals surface area contributed by atoms with Crippen molar-refractivity contribution in [3.8, 4) is 11.5 Å². The zero-order chi connectivity index (χ0) is 17.3. The van der Waals surface area contributed by atoms with Crippen LogP contribution in [0.25, 0.3) is 0 Å². The van der Waals surface area contributed by atoms with Crippen LogP contribution in [-0.2, 0) is 4.79 Å². The second-order valence-electron chi connectivity index (χ2n) is 6.08. The molecule has 1 N–H and O–H groups in total. The zero-order valence-corrected chi connectivity index (χ0v) is 14.4. The lowest BCUT2D eigenvalue weighted by Gasteiger charge is -2.28. The van der Waals surface area contributed by atoms with E-state index in [2.05, 4.69) is 34.5 Å². The molecule has 0 fully saturated rings. The van der Waals surface area contributed by atoms with Crippen LogP contribution in [0.4, 0.5) is 11.4 Å². The minimum Gasteiger partial charge on any atom is -0.497 e. The highest BCUT2D eigenvalue weighted by molar-refractivity contribution is 5.96. The summed E-state index contributed by atoms with van der Waals surface area (Å²) in [6.07, 6.45) is 0.400. The van der Waals surface area contributed by atoms with Crippen LogP contribution in [0.1, 0.15) is 23.5 Å². The molecule has 126 valence electrons. The summed E-state index contributed by atoms with van der Waals surface area (Å²) in [4.78, 5) is 14.2. The molecule has 0 aliphatic carbocycles. The van der Waals surface area contributed by atoms with Crippen LogP contribution in [0.3, 0.4) is 0 Å². The van der Waals surface area contributed by atoms with E-state index in [9.17, 15) is 4.79 Å². The molecular formula is C19H22N2O3. The number of anilines is 2. The normalized spacial score (nSPS) is 16.2. The van der Waals surface area contributed by atoms with Crippen molar-refractivity contribution in [3.63, 3.8) is 0 Å². The van der Waals surface area contributed by atoms with Gasteiger partial charge in [0.15, 0.2) is 0 Å². The fourth-order valence-corrected chi connectivity index (χ4v) is 3.13. The largest absolute Gasteiger partial charge is 0.497 e. The quantitative estimate of drug-likeness (QED) is 0.937. The number of carbonyl (C=O) groups is 1. The molecule has 1 atom stereocenters. The van der Waals surface area contributed by atoms with Gasteiger partial charge in [-0.05, 0) is 17.7 Å². The molecule has 1 aliphatic rings. The molecule has 0 spiro atoms. The molecule has 1 aliphatic heterocycles. The van der Waals surface area contributed by atoms with Crippen molar-refractivity contribution < 1.29 is 14.3 Å². The maximum Gasteiger partial charge on any atom is 0.225 e. The fourth-order valence-electron chi connectivity index (χ4n) is 3.13. The van der Waals surface area contributed by atoms with E-state index in [-0.39, 0.29) is 11.8 Å². The van der Waals surface area contributed by atoms with E-state index in [0.717, 1.165) is 28.3 Å². The Kier molecular flexibility index (Phi) is 4.34. The summed E-state index contributed by atoms with van der Waals surface area (Å²) >= 11 is 0. The van der Waals surface area contributed by atoms with Gasteiger partial charge >= 0.3 is 0 Å². The average Bonchev–Trinajstić information content (AvgIpc) is 2.59. The summed E-state index contributed by atoms with van der Waals surface area (Å²) in [6, 6.07) is 12.0. The fraction of sp³-hybridized carbons (Fsp3) is 0.316. The standard InChI is InChI=1S/C19H22N2O3/c1-21(2)13-7-5-12(6-8-13)15-11-18(22)20-16-9-14(23-3)10-17(24-4)19(15)16/h5-10,15H,11H2,1-4H3,(H,20,22)/t15-/m0/s1.